The van der Waals surface area contributed by atoms with Gasteiger partial charge in [0.05, 0.1) is 7.11 Å². The molecule has 1 aliphatic rings. The summed E-state index contributed by atoms with van der Waals surface area (Å²) in [6, 6.07) is 0. The van der Waals surface area contributed by atoms with Crippen LogP contribution in [-0.4, -0.2) is 25.2 Å². The summed E-state index contributed by atoms with van der Waals surface area (Å²) in [5.41, 5.74) is 0. The van der Waals surface area contributed by atoms with Gasteiger partial charge in [-0.15, -0.1) is 0 Å². The number of hydrogen-bond acceptors (Lipinski definition) is 4. The molecule has 0 bridgehead atoms. The van der Waals surface area contributed by atoms with Gasteiger partial charge in [-0.2, -0.15) is 0 Å². The van der Waals surface area contributed by atoms with Gasteiger partial charge >= 0.3 is 11.9 Å². The van der Waals surface area contributed by atoms with Crippen molar-refractivity contribution in [2.75, 3.05) is 7.11 Å². The van der Waals surface area contributed by atoms with Crippen LogP contribution in [0.3, 0.4) is 0 Å². The molecule has 0 radical (unpaired) electrons. The first kappa shape index (κ1) is 9.03. The molecule has 0 amide bonds. The third kappa shape index (κ3) is 2.53. The fraction of sp³-hybridized carbons (Fsp3) is 0.750. The smallest absolute Gasteiger partial charge is 0.306 e. The number of carbonyl (C=O) groups excluding carboxylic acids is 2. The van der Waals surface area contributed by atoms with E-state index in [-0.39, 0.29) is 18.0 Å². The number of hydrogen-bond donors (Lipinski definition) is 0. The standard InChI is InChI=1S/C8H12O4/c1-11-7(9)4-2-6-3-5-8(10)12-6/h6H,2-5H2,1H3. The molecule has 0 spiro atoms. The summed E-state index contributed by atoms with van der Waals surface area (Å²) in [4.78, 5) is 21.3. The maximum atomic E-state index is 10.7. The highest BCUT2D eigenvalue weighted by Crippen LogP contribution is 2.18. The van der Waals surface area contributed by atoms with Gasteiger partial charge in [-0.25, -0.2) is 0 Å². The van der Waals surface area contributed by atoms with Crippen LogP contribution < -0.4 is 0 Å². The Labute approximate surface area is 70.8 Å². The van der Waals surface area contributed by atoms with Gasteiger partial charge in [0.15, 0.2) is 0 Å². The van der Waals surface area contributed by atoms with Crippen LogP contribution in [0.5, 0.6) is 0 Å². The van der Waals surface area contributed by atoms with Crippen LogP contribution in [0.25, 0.3) is 0 Å². The normalized spacial score (nSPS) is 22.1. The molecule has 12 heavy (non-hydrogen) atoms. The molecule has 1 saturated heterocycles. The fourth-order valence-electron chi connectivity index (χ4n) is 1.17. The first-order chi connectivity index (χ1) is 5.72. The number of rotatable bonds is 3. The molecule has 4 heteroatoms. The van der Waals surface area contributed by atoms with Crippen LogP contribution in [0, 0.1) is 0 Å². The molecule has 1 atom stereocenters. The number of esters is 2. The molecule has 0 aromatic heterocycles. The highest BCUT2D eigenvalue weighted by atomic mass is 16.5. The summed E-state index contributed by atoms with van der Waals surface area (Å²) >= 11 is 0. The molecule has 68 valence electrons. The molecule has 0 aliphatic carbocycles. The fourth-order valence-corrected chi connectivity index (χ4v) is 1.17. The summed E-state index contributed by atoms with van der Waals surface area (Å²) < 4.78 is 9.37. The van der Waals surface area contributed by atoms with Gasteiger partial charge in [0.2, 0.25) is 0 Å². The molecule has 1 rings (SSSR count). The van der Waals surface area contributed by atoms with Crippen molar-refractivity contribution in [2.24, 2.45) is 0 Å². The zero-order chi connectivity index (χ0) is 8.97. The van der Waals surface area contributed by atoms with Gasteiger partial charge < -0.3 is 9.47 Å². The minimum atomic E-state index is -0.252. The molecule has 1 unspecified atom stereocenters. The van der Waals surface area contributed by atoms with Crippen molar-refractivity contribution in [3.63, 3.8) is 0 Å². The molecular weight excluding hydrogens is 160 g/mol. The number of ether oxygens (including phenoxy) is 2. The van der Waals surface area contributed by atoms with Crippen LogP contribution >= 0.6 is 0 Å². The second-order valence-electron chi connectivity index (χ2n) is 2.77. The Morgan fingerprint density at radius 2 is 2.50 bits per heavy atom. The summed E-state index contributed by atoms with van der Waals surface area (Å²) in [7, 11) is 1.35. The van der Waals surface area contributed by atoms with E-state index in [2.05, 4.69) is 4.74 Å². The minimum Gasteiger partial charge on any atom is -0.469 e. The van der Waals surface area contributed by atoms with E-state index in [0.29, 0.717) is 19.3 Å². The van der Waals surface area contributed by atoms with Gasteiger partial charge in [0.1, 0.15) is 6.10 Å². The Hall–Kier alpha value is -1.06. The Morgan fingerprint density at radius 1 is 1.75 bits per heavy atom. The van der Waals surface area contributed by atoms with E-state index in [0.717, 1.165) is 6.42 Å². The molecule has 0 aromatic rings. The molecule has 0 saturated carbocycles. The van der Waals surface area contributed by atoms with Crippen molar-refractivity contribution < 1.29 is 19.1 Å². The van der Waals surface area contributed by atoms with E-state index in [9.17, 15) is 9.59 Å². The van der Waals surface area contributed by atoms with Crippen molar-refractivity contribution in [3.8, 4) is 0 Å². The molecule has 4 nitrogen and oxygen atoms in total. The predicted molar refractivity (Wildman–Crippen MR) is 40.4 cm³/mol. The van der Waals surface area contributed by atoms with Crippen LogP contribution in [0.2, 0.25) is 0 Å². The summed E-state index contributed by atoms with van der Waals surface area (Å²) in [5, 5.41) is 0. The van der Waals surface area contributed by atoms with Crippen molar-refractivity contribution in [3.05, 3.63) is 0 Å². The zero-order valence-electron chi connectivity index (χ0n) is 7.04. The van der Waals surface area contributed by atoms with Crippen molar-refractivity contribution in [1.29, 1.82) is 0 Å². The molecule has 1 heterocycles. The third-order valence-corrected chi connectivity index (χ3v) is 1.87. The number of methoxy groups -OCH3 is 1. The molecule has 0 N–H and O–H groups in total. The lowest BCUT2D eigenvalue weighted by Crippen LogP contribution is -2.10. The van der Waals surface area contributed by atoms with E-state index in [1.54, 1.807) is 0 Å². The average Bonchev–Trinajstić information content (AvgIpc) is 2.47. The first-order valence-corrected chi connectivity index (χ1v) is 3.98. The van der Waals surface area contributed by atoms with E-state index in [1.165, 1.54) is 7.11 Å². The van der Waals surface area contributed by atoms with E-state index in [4.69, 9.17) is 4.74 Å². The van der Waals surface area contributed by atoms with Gasteiger partial charge in [-0.1, -0.05) is 0 Å². The Balaban J connectivity index is 2.16. The Bertz CT molecular complexity index is 187. The molecule has 1 fully saturated rings. The minimum absolute atomic E-state index is 0.0726. The quantitative estimate of drug-likeness (QED) is 0.586. The predicted octanol–water partition coefficient (Wildman–Crippen LogP) is 0.645. The van der Waals surface area contributed by atoms with Gasteiger partial charge in [0.25, 0.3) is 0 Å². The van der Waals surface area contributed by atoms with Crippen LogP contribution in [0.15, 0.2) is 0 Å². The van der Waals surface area contributed by atoms with Crippen molar-refractivity contribution in [2.45, 2.75) is 31.8 Å². The first-order valence-electron chi connectivity index (χ1n) is 3.98. The van der Waals surface area contributed by atoms with Crippen molar-refractivity contribution >= 4 is 11.9 Å². The maximum absolute atomic E-state index is 10.7. The largest absolute Gasteiger partial charge is 0.469 e. The summed E-state index contributed by atoms with van der Waals surface area (Å²) in [5.74, 6) is -0.414. The molecule has 1 aliphatic heterocycles. The number of cyclic esters (lactones) is 1. The van der Waals surface area contributed by atoms with Crippen molar-refractivity contribution in [1.82, 2.24) is 0 Å². The van der Waals surface area contributed by atoms with E-state index >= 15 is 0 Å². The third-order valence-electron chi connectivity index (χ3n) is 1.87. The lowest BCUT2D eigenvalue weighted by Gasteiger charge is -2.06. The molecular formula is C8H12O4. The zero-order valence-corrected chi connectivity index (χ0v) is 7.04. The monoisotopic (exact) mass is 172 g/mol. The van der Waals surface area contributed by atoms with Gasteiger partial charge in [-0.3, -0.25) is 9.59 Å². The lowest BCUT2D eigenvalue weighted by molar-refractivity contribution is -0.145. The highest BCUT2D eigenvalue weighted by molar-refractivity contribution is 5.72. The Kier molecular flexibility index (Phi) is 3.08. The lowest BCUT2D eigenvalue weighted by atomic mass is 10.1. The SMILES string of the molecule is COC(=O)CCC1CCC(=O)O1. The van der Waals surface area contributed by atoms with Gasteiger partial charge in [-0.05, 0) is 12.8 Å². The second-order valence-corrected chi connectivity index (χ2v) is 2.77. The van der Waals surface area contributed by atoms with E-state index < -0.39 is 0 Å². The van der Waals surface area contributed by atoms with E-state index in [1.807, 2.05) is 0 Å². The summed E-state index contributed by atoms with van der Waals surface area (Å²) in [6.45, 7) is 0. The van der Waals surface area contributed by atoms with Crippen LogP contribution in [-0.2, 0) is 19.1 Å². The highest BCUT2D eigenvalue weighted by Gasteiger charge is 2.23. The molecule has 0 aromatic carbocycles. The Morgan fingerprint density at radius 3 is 3.00 bits per heavy atom. The van der Waals surface area contributed by atoms with Crippen LogP contribution in [0.1, 0.15) is 25.7 Å². The second kappa shape index (κ2) is 4.09. The number of carbonyl (C=O) groups is 2. The maximum Gasteiger partial charge on any atom is 0.306 e. The van der Waals surface area contributed by atoms with Crippen LogP contribution in [0.4, 0.5) is 0 Å². The van der Waals surface area contributed by atoms with Gasteiger partial charge in [0, 0.05) is 12.8 Å². The topological polar surface area (TPSA) is 52.6 Å². The summed E-state index contributed by atoms with van der Waals surface area (Å²) in [6.07, 6.45) is 2.05. The average molecular weight is 172 g/mol.